The van der Waals surface area contributed by atoms with Gasteiger partial charge in [-0.15, -0.1) is 0 Å². The lowest BCUT2D eigenvalue weighted by Crippen LogP contribution is -2.26. The van der Waals surface area contributed by atoms with Gasteiger partial charge < -0.3 is 9.88 Å². The van der Waals surface area contributed by atoms with Crippen molar-refractivity contribution in [3.05, 3.63) is 36.0 Å². The molecule has 3 rings (SSSR count). The first-order chi connectivity index (χ1) is 9.29. The van der Waals surface area contributed by atoms with Crippen LogP contribution in [0.15, 0.2) is 30.3 Å². The molecule has 3 heteroatoms. The summed E-state index contributed by atoms with van der Waals surface area (Å²) in [5, 5.41) is 4.14. The van der Waals surface area contributed by atoms with Crippen LogP contribution < -0.4 is 5.32 Å². The van der Waals surface area contributed by atoms with E-state index in [-0.39, 0.29) is 5.91 Å². The van der Waals surface area contributed by atoms with E-state index in [0.29, 0.717) is 0 Å². The fraction of sp³-hybridized carbons (Fsp3) is 0.438. The van der Waals surface area contributed by atoms with Gasteiger partial charge in [0.25, 0.3) is 5.91 Å². The maximum Gasteiger partial charge on any atom is 0.267 e. The average molecular weight is 256 g/mol. The van der Waals surface area contributed by atoms with Gasteiger partial charge in [0.15, 0.2) is 0 Å². The lowest BCUT2D eigenvalue weighted by molar-refractivity contribution is 0.0944. The van der Waals surface area contributed by atoms with Crippen LogP contribution in [-0.4, -0.2) is 17.0 Å². The normalized spacial score (nSPS) is 14.8. The Bertz CT molecular complexity index is 596. The zero-order valence-corrected chi connectivity index (χ0v) is 11.4. The monoisotopic (exact) mass is 256 g/mol. The number of para-hydroxylation sites is 1. The first kappa shape index (κ1) is 12.3. The van der Waals surface area contributed by atoms with Gasteiger partial charge in [-0.2, -0.15) is 0 Å². The summed E-state index contributed by atoms with van der Waals surface area (Å²) in [6, 6.07) is 10.3. The molecule has 1 heterocycles. The summed E-state index contributed by atoms with van der Waals surface area (Å²) < 4.78 is 2.19. The molecule has 3 nitrogen and oxygen atoms in total. The third-order valence-electron chi connectivity index (χ3n) is 3.72. The van der Waals surface area contributed by atoms with Crippen LogP contribution >= 0.6 is 0 Å². The van der Waals surface area contributed by atoms with Gasteiger partial charge >= 0.3 is 0 Å². The molecule has 0 bridgehead atoms. The maximum atomic E-state index is 12.3. The van der Waals surface area contributed by atoms with Gasteiger partial charge in [0, 0.05) is 24.0 Å². The van der Waals surface area contributed by atoms with E-state index < -0.39 is 0 Å². The summed E-state index contributed by atoms with van der Waals surface area (Å²) in [6.07, 6.45) is 3.56. The van der Waals surface area contributed by atoms with Crippen LogP contribution in [0.4, 0.5) is 0 Å². The smallest absolute Gasteiger partial charge is 0.267 e. The highest BCUT2D eigenvalue weighted by Crippen LogP contribution is 2.33. The van der Waals surface area contributed by atoms with Crippen LogP contribution in [0.25, 0.3) is 10.9 Å². The molecule has 2 aromatic rings. The molecule has 1 aromatic carbocycles. The van der Waals surface area contributed by atoms with Crippen molar-refractivity contribution in [2.75, 3.05) is 6.54 Å². The van der Waals surface area contributed by atoms with Crippen LogP contribution in [0.2, 0.25) is 0 Å². The minimum atomic E-state index is 0.0544. The van der Waals surface area contributed by atoms with Crippen molar-refractivity contribution in [1.82, 2.24) is 9.88 Å². The molecule has 1 fully saturated rings. The molecule has 0 aliphatic heterocycles. The van der Waals surface area contributed by atoms with Crippen LogP contribution in [0, 0.1) is 5.92 Å². The highest BCUT2D eigenvalue weighted by atomic mass is 16.1. The number of rotatable bonds is 5. The SMILES string of the molecule is CCCNC(=O)c1cc2ccccc2n1CC1CC1. The van der Waals surface area contributed by atoms with E-state index in [2.05, 4.69) is 28.9 Å². The van der Waals surface area contributed by atoms with Crippen molar-refractivity contribution in [3.8, 4) is 0 Å². The zero-order chi connectivity index (χ0) is 13.2. The summed E-state index contributed by atoms with van der Waals surface area (Å²) >= 11 is 0. The Balaban J connectivity index is 1.98. The number of hydrogen-bond acceptors (Lipinski definition) is 1. The standard InChI is InChI=1S/C16H20N2O/c1-2-9-17-16(19)15-10-13-5-3-4-6-14(13)18(15)11-12-7-8-12/h3-6,10,12H,2,7-9,11H2,1H3,(H,17,19). The Morgan fingerprint density at radius 3 is 2.89 bits per heavy atom. The van der Waals surface area contributed by atoms with Crippen LogP contribution in [0.5, 0.6) is 0 Å². The number of aromatic nitrogens is 1. The quantitative estimate of drug-likeness (QED) is 0.875. The van der Waals surface area contributed by atoms with Gasteiger partial charge in [-0.3, -0.25) is 4.79 Å². The molecule has 1 aliphatic carbocycles. The van der Waals surface area contributed by atoms with Crippen LogP contribution in [-0.2, 0) is 6.54 Å². The molecule has 100 valence electrons. The number of nitrogens with one attached hydrogen (secondary N) is 1. The zero-order valence-electron chi connectivity index (χ0n) is 11.4. The van der Waals surface area contributed by atoms with Crippen molar-refractivity contribution in [1.29, 1.82) is 0 Å². The molecule has 0 spiro atoms. The Labute approximate surface area is 113 Å². The summed E-state index contributed by atoms with van der Waals surface area (Å²) in [4.78, 5) is 12.3. The number of amides is 1. The van der Waals surface area contributed by atoms with Gasteiger partial charge in [-0.1, -0.05) is 25.1 Å². The maximum absolute atomic E-state index is 12.3. The third-order valence-corrected chi connectivity index (χ3v) is 3.72. The molecule has 0 saturated heterocycles. The minimum absolute atomic E-state index is 0.0544. The van der Waals surface area contributed by atoms with Gasteiger partial charge in [0.1, 0.15) is 5.69 Å². The molecule has 1 saturated carbocycles. The van der Waals surface area contributed by atoms with E-state index in [9.17, 15) is 4.79 Å². The topological polar surface area (TPSA) is 34.0 Å². The number of carbonyl (C=O) groups is 1. The second-order valence-electron chi connectivity index (χ2n) is 5.40. The van der Waals surface area contributed by atoms with Crippen molar-refractivity contribution >= 4 is 16.8 Å². The molecule has 1 aromatic heterocycles. The third kappa shape index (κ3) is 2.50. The number of nitrogens with zero attached hydrogens (tertiary/aromatic N) is 1. The second-order valence-corrected chi connectivity index (χ2v) is 5.40. The number of carbonyl (C=O) groups excluding carboxylic acids is 1. The lowest BCUT2D eigenvalue weighted by atomic mass is 10.2. The highest BCUT2D eigenvalue weighted by Gasteiger charge is 2.25. The molecule has 0 atom stereocenters. The lowest BCUT2D eigenvalue weighted by Gasteiger charge is -2.10. The summed E-state index contributed by atoms with van der Waals surface area (Å²) in [5.74, 6) is 0.812. The number of fused-ring (bicyclic) bond motifs is 1. The predicted molar refractivity (Wildman–Crippen MR) is 77.3 cm³/mol. The number of benzene rings is 1. The minimum Gasteiger partial charge on any atom is -0.351 e. The van der Waals surface area contributed by atoms with Gasteiger partial charge in [-0.05, 0) is 37.3 Å². The van der Waals surface area contributed by atoms with Crippen molar-refractivity contribution in [2.45, 2.75) is 32.7 Å². The van der Waals surface area contributed by atoms with Gasteiger partial charge in [-0.25, -0.2) is 0 Å². The fourth-order valence-electron chi connectivity index (χ4n) is 2.48. The Morgan fingerprint density at radius 1 is 1.37 bits per heavy atom. The summed E-state index contributed by atoms with van der Waals surface area (Å²) in [6.45, 7) is 3.78. The van der Waals surface area contributed by atoms with E-state index in [1.807, 2.05) is 18.2 Å². The van der Waals surface area contributed by atoms with E-state index in [1.165, 1.54) is 18.4 Å². The molecule has 19 heavy (non-hydrogen) atoms. The molecule has 1 amide bonds. The second kappa shape index (κ2) is 5.08. The van der Waals surface area contributed by atoms with Crippen molar-refractivity contribution < 1.29 is 4.79 Å². The first-order valence-corrected chi connectivity index (χ1v) is 7.16. The Kier molecular flexibility index (Phi) is 3.28. The summed E-state index contributed by atoms with van der Waals surface area (Å²) in [7, 11) is 0. The van der Waals surface area contributed by atoms with Crippen molar-refractivity contribution in [2.24, 2.45) is 5.92 Å². The molecular weight excluding hydrogens is 236 g/mol. The Hall–Kier alpha value is -1.77. The Morgan fingerprint density at radius 2 is 2.16 bits per heavy atom. The van der Waals surface area contributed by atoms with E-state index in [1.54, 1.807) is 0 Å². The van der Waals surface area contributed by atoms with E-state index in [0.717, 1.165) is 36.5 Å². The predicted octanol–water partition coefficient (Wildman–Crippen LogP) is 3.19. The highest BCUT2D eigenvalue weighted by molar-refractivity contribution is 5.98. The molecule has 0 unspecified atom stereocenters. The number of hydrogen-bond donors (Lipinski definition) is 1. The first-order valence-electron chi connectivity index (χ1n) is 7.16. The molecule has 0 radical (unpaired) electrons. The fourth-order valence-corrected chi connectivity index (χ4v) is 2.48. The van der Waals surface area contributed by atoms with Crippen LogP contribution in [0.1, 0.15) is 36.7 Å². The molecule has 1 N–H and O–H groups in total. The van der Waals surface area contributed by atoms with Gasteiger partial charge in [0.05, 0.1) is 0 Å². The average Bonchev–Trinajstić information content (AvgIpc) is 3.17. The molecule has 1 aliphatic rings. The summed E-state index contributed by atoms with van der Waals surface area (Å²) in [5.41, 5.74) is 1.98. The van der Waals surface area contributed by atoms with Crippen LogP contribution in [0.3, 0.4) is 0 Å². The van der Waals surface area contributed by atoms with Gasteiger partial charge in [0.2, 0.25) is 0 Å². The van der Waals surface area contributed by atoms with Crippen molar-refractivity contribution in [3.63, 3.8) is 0 Å². The van der Waals surface area contributed by atoms with E-state index in [4.69, 9.17) is 0 Å². The molecular formula is C16H20N2O. The van der Waals surface area contributed by atoms with E-state index >= 15 is 0 Å². The largest absolute Gasteiger partial charge is 0.351 e.